The van der Waals surface area contributed by atoms with Gasteiger partial charge in [-0.1, -0.05) is 6.07 Å². The minimum Gasteiger partial charge on any atom is -0.385 e. The van der Waals surface area contributed by atoms with Crippen molar-refractivity contribution in [1.82, 2.24) is 5.32 Å². The largest absolute Gasteiger partial charge is 0.385 e. The molecule has 16 heavy (non-hydrogen) atoms. The average molecular weight is 250 g/mol. The molecule has 1 fully saturated rings. The molecule has 0 spiro atoms. The lowest BCUT2D eigenvalue weighted by Gasteiger charge is -2.33. The van der Waals surface area contributed by atoms with Gasteiger partial charge in [0.05, 0.1) is 5.60 Å². The summed E-state index contributed by atoms with van der Waals surface area (Å²) < 4.78 is 26.2. The molecular formula is C11H14ClF2NO. The van der Waals surface area contributed by atoms with E-state index >= 15 is 0 Å². The van der Waals surface area contributed by atoms with E-state index in [-0.39, 0.29) is 18.0 Å². The van der Waals surface area contributed by atoms with E-state index in [9.17, 15) is 13.9 Å². The van der Waals surface area contributed by atoms with Crippen LogP contribution in [0.25, 0.3) is 0 Å². The Kier molecular flexibility index (Phi) is 4.24. The van der Waals surface area contributed by atoms with Gasteiger partial charge in [0, 0.05) is 11.6 Å². The topological polar surface area (TPSA) is 32.3 Å². The molecule has 0 amide bonds. The molecule has 1 aliphatic rings. The molecule has 0 bridgehead atoms. The number of hydrogen-bond acceptors (Lipinski definition) is 2. The maximum Gasteiger partial charge on any atom is 0.132 e. The van der Waals surface area contributed by atoms with E-state index in [1.54, 1.807) is 0 Å². The predicted octanol–water partition coefficient (Wildman–Crippen LogP) is 1.96. The van der Waals surface area contributed by atoms with Crippen molar-refractivity contribution in [3.05, 3.63) is 35.4 Å². The Labute approximate surface area is 99.1 Å². The summed E-state index contributed by atoms with van der Waals surface area (Å²) in [6.07, 6.45) is 0.908. The van der Waals surface area contributed by atoms with Crippen LogP contribution in [0.4, 0.5) is 8.78 Å². The smallest absolute Gasteiger partial charge is 0.132 e. The first-order chi connectivity index (χ1) is 7.12. The van der Waals surface area contributed by atoms with E-state index < -0.39 is 17.2 Å². The van der Waals surface area contributed by atoms with Gasteiger partial charge in [-0.25, -0.2) is 8.78 Å². The second kappa shape index (κ2) is 5.08. The molecule has 1 aliphatic heterocycles. The van der Waals surface area contributed by atoms with Crippen molar-refractivity contribution in [3.63, 3.8) is 0 Å². The summed E-state index contributed by atoms with van der Waals surface area (Å²) in [5.41, 5.74) is -0.950. The fourth-order valence-corrected chi connectivity index (χ4v) is 1.98. The molecule has 1 saturated heterocycles. The molecule has 2 N–H and O–H groups in total. The molecule has 0 aliphatic carbocycles. The van der Waals surface area contributed by atoms with E-state index in [0.29, 0.717) is 25.9 Å². The zero-order valence-electron chi connectivity index (χ0n) is 8.67. The van der Waals surface area contributed by atoms with Crippen molar-refractivity contribution in [2.45, 2.75) is 18.4 Å². The molecule has 0 radical (unpaired) electrons. The first-order valence-electron chi connectivity index (χ1n) is 5.00. The average Bonchev–Trinajstić information content (AvgIpc) is 2.18. The normalized spacial score (nSPS) is 18.9. The molecule has 5 heteroatoms. The number of piperidine rings is 1. The van der Waals surface area contributed by atoms with Crippen LogP contribution in [0, 0.1) is 11.6 Å². The van der Waals surface area contributed by atoms with E-state index in [0.717, 1.165) is 6.07 Å². The van der Waals surface area contributed by atoms with Crippen molar-refractivity contribution in [3.8, 4) is 0 Å². The van der Waals surface area contributed by atoms with Crippen LogP contribution in [0.3, 0.4) is 0 Å². The van der Waals surface area contributed by atoms with Gasteiger partial charge in [-0.05, 0) is 32.0 Å². The third-order valence-electron chi connectivity index (χ3n) is 2.86. The van der Waals surface area contributed by atoms with Gasteiger partial charge in [0.15, 0.2) is 0 Å². The molecule has 0 saturated carbocycles. The van der Waals surface area contributed by atoms with Gasteiger partial charge in [-0.15, -0.1) is 12.4 Å². The fraction of sp³-hybridized carbons (Fsp3) is 0.455. The molecule has 0 aromatic heterocycles. The number of nitrogens with one attached hydrogen (secondary N) is 1. The highest BCUT2D eigenvalue weighted by molar-refractivity contribution is 5.85. The Morgan fingerprint density at radius 2 is 1.81 bits per heavy atom. The Balaban J connectivity index is 0.00000128. The summed E-state index contributed by atoms with van der Waals surface area (Å²) in [5.74, 6) is -1.28. The lowest BCUT2D eigenvalue weighted by molar-refractivity contribution is 0.00268. The van der Waals surface area contributed by atoms with Gasteiger partial charge >= 0.3 is 0 Å². The van der Waals surface area contributed by atoms with E-state index in [4.69, 9.17) is 0 Å². The third kappa shape index (κ3) is 2.51. The monoisotopic (exact) mass is 249 g/mol. The fourth-order valence-electron chi connectivity index (χ4n) is 1.98. The molecule has 0 atom stereocenters. The van der Waals surface area contributed by atoms with Gasteiger partial charge in [-0.3, -0.25) is 0 Å². The highest BCUT2D eigenvalue weighted by atomic mass is 35.5. The minimum atomic E-state index is -1.15. The summed E-state index contributed by atoms with van der Waals surface area (Å²) in [4.78, 5) is 0. The van der Waals surface area contributed by atoms with E-state index in [1.165, 1.54) is 12.1 Å². The summed E-state index contributed by atoms with van der Waals surface area (Å²) in [6.45, 7) is 1.29. The summed E-state index contributed by atoms with van der Waals surface area (Å²) >= 11 is 0. The molecule has 90 valence electrons. The Hall–Kier alpha value is -0.710. The van der Waals surface area contributed by atoms with Crippen LogP contribution < -0.4 is 5.32 Å². The van der Waals surface area contributed by atoms with Crippen LogP contribution in [0.1, 0.15) is 18.4 Å². The zero-order valence-corrected chi connectivity index (χ0v) is 9.49. The second-order valence-corrected chi connectivity index (χ2v) is 3.91. The number of aliphatic hydroxyl groups is 1. The second-order valence-electron chi connectivity index (χ2n) is 3.91. The summed E-state index contributed by atoms with van der Waals surface area (Å²) in [5, 5.41) is 13.3. The molecule has 1 aromatic carbocycles. The highest BCUT2D eigenvalue weighted by Crippen LogP contribution is 2.32. The van der Waals surface area contributed by atoms with Crippen LogP contribution in [0.5, 0.6) is 0 Å². The molecule has 0 unspecified atom stereocenters. The van der Waals surface area contributed by atoms with Gasteiger partial charge in [0.25, 0.3) is 0 Å². The number of halogens is 3. The van der Waals surface area contributed by atoms with E-state index in [2.05, 4.69) is 5.32 Å². The Bertz CT molecular complexity index is 367. The molecular weight excluding hydrogens is 236 g/mol. The number of benzene rings is 1. The maximum absolute atomic E-state index is 13.5. The van der Waals surface area contributed by atoms with Crippen molar-refractivity contribution in [2.75, 3.05) is 13.1 Å². The van der Waals surface area contributed by atoms with Gasteiger partial charge < -0.3 is 10.4 Å². The third-order valence-corrected chi connectivity index (χ3v) is 2.86. The predicted molar refractivity (Wildman–Crippen MR) is 59.6 cm³/mol. The van der Waals surface area contributed by atoms with Crippen LogP contribution in [-0.2, 0) is 5.60 Å². The summed E-state index contributed by atoms with van der Waals surface area (Å²) in [7, 11) is 0. The SMILES string of the molecule is Cl.OC1(c2ccc(F)cc2F)CCNCC1. The van der Waals surface area contributed by atoms with Crippen LogP contribution in [0.2, 0.25) is 0 Å². The first kappa shape index (κ1) is 13.4. The quantitative estimate of drug-likeness (QED) is 0.798. The van der Waals surface area contributed by atoms with Gasteiger partial charge in [0.2, 0.25) is 0 Å². The first-order valence-corrected chi connectivity index (χ1v) is 5.00. The Morgan fingerprint density at radius 3 is 2.38 bits per heavy atom. The van der Waals surface area contributed by atoms with Crippen molar-refractivity contribution < 1.29 is 13.9 Å². The number of rotatable bonds is 1. The van der Waals surface area contributed by atoms with Crippen LogP contribution in [0.15, 0.2) is 18.2 Å². The Morgan fingerprint density at radius 1 is 1.19 bits per heavy atom. The standard InChI is InChI=1S/C11H13F2NO.ClH/c12-8-1-2-9(10(13)7-8)11(15)3-5-14-6-4-11;/h1-2,7,14-15H,3-6H2;1H. The molecule has 1 heterocycles. The number of hydrogen-bond donors (Lipinski definition) is 2. The minimum absolute atomic E-state index is 0. The van der Waals surface area contributed by atoms with Gasteiger partial charge in [0.1, 0.15) is 11.6 Å². The van der Waals surface area contributed by atoms with Gasteiger partial charge in [-0.2, -0.15) is 0 Å². The van der Waals surface area contributed by atoms with Crippen LogP contribution >= 0.6 is 12.4 Å². The van der Waals surface area contributed by atoms with E-state index in [1.807, 2.05) is 0 Å². The zero-order chi connectivity index (χ0) is 10.9. The van der Waals surface area contributed by atoms with Crippen LogP contribution in [-0.4, -0.2) is 18.2 Å². The van der Waals surface area contributed by atoms with Crippen molar-refractivity contribution >= 4 is 12.4 Å². The molecule has 2 nitrogen and oxygen atoms in total. The lowest BCUT2D eigenvalue weighted by Crippen LogP contribution is -2.40. The van der Waals surface area contributed by atoms with Crippen molar-refractivity contribution in [2.24, 2.45) is 0 Å². The lowest BCUT2D eigenvalue weighted by atomic mass is 9.85. The molecule has 2 rings (SSSR count). The maximum atomic E-state index is 13.5. The van der Waals surface area contributed by atoms with Crippen molar-refractivity contribution in [1.29, 1.82) is 0 Å². The highest BCUT2D eigenvalue weighted by Gasteiger charge is 2.33. The molecule has 1 aromatic rings. The summed E-state index contributed by atoms with van der Waals surface area (Å²) in [6, 6.07) is 3.32.